The van der Waals surface area contributed by atoms with Crippen molar-refractivity contribution in [3.05, 3.63) is 24.3 Å². The lowest BCUT2D eigenvalue weighted by molar-refractivity contribution is -0.159. The van der Waals surface area contributed by atoms with Crippen LogP contribution in [0.5, 0.6) is 0 Å². The van der Waals surface area contributed by atoms with E-state index >= 15 is 0 Å². The predicted molar refractivity (Wildman–Crippen MR) is 187 cm³/mol. The SMILES string of the molecule is CCCCCCCCCCCCC/C=C/C=C/C(=O)OC[C@@H](COP(=O)(O)OCCN)OC(=O)CCCCCCCCCCCC. The molecular formula is C36H68NO8P. The molecule has 3 N–H and O–H groups in total. The minimum atomic E-state index is -4.38. The zero-order valence-corrected chi connectivity index (χ0v) is 30.2. The van der Waals surface area contributed by atoms with E-state index in [0.717, 1.165) is 32.1 Å². The molecule has 0 aliphatic rings. The number of allylic oxidation sites excluding steroid dienone is 3. The molecule has 1 unspecified atom stereocenters. The number of ether oxygens (including phenoxy) is 2. The number of phosphoric ester groups is 1. The summed E-state index contributed by atoms with van der Waals surface area (Å²) in [6.07, 6.45) is 32.7. The molecule has 10 heteroatoms. The molecule has 0 bridgehead atoms. The lowest BCUT2D eigenvalue weighted by Crippen LogP contribution is -2.29. The van der Waals surface area contributed by atoms with Crippen molar-refractivity contribution in [3.8, 4) is 0 Å². The van der Waals surface area contributed by atoms with Gasteiger partial charge in [-0.2, -0.15) is 0 Å². The average Bonchev–Trinajstić information content (AvgIpc) is 3.04. The number of hydrogen-bond donors (Lipinski definition) is 2. The summed E-state index contributed by atoms with van der Waals surface area (Å²) in [5.74, 6) is -1.08. The summed E-state index contributed by atoms with van der Waals surface area (Å²) < 4.78 is 32.4. The molecule has 0 aliphatic carbocycles. The number of carbonyl (C=O) groups excluding carboxylic acids is 2. The second-order valence-electron chi connectivity index (χ2n) is 12.2. The van der Waals surface area contributed by atoms with Crippen molar-refractivity contribution < 1.29 is 37.6 Å². The number of hydrogen-bond acceptors (Lipinski definition) is 8. The molecule has 0 fully saturated rings. The fraction of sp³-hybridized carbons (Fsp3) is 0.833. The third-order valence-corrected chi connectivity index (χ3v) is 8.68. The highest BCUT2D eigenvalue weighted by atomic mass is 31.2. The Kier molecular flexibility index (Phi) is 32.3. The van der Waals surface area contributed by atoms with E-state index in [1.165, 1.54) is 109 Å². The summed E-state index contributed by atoms with van der Waals surface area (Å²) in [4.78, 5) is 34.5. The normalized spacial score (nSPS) is 13.7. The van der Waals surface area contributed by atoms with E-state index in [9.17, 15) is 19.0 Å². The standard InChI is InChI=1S/C36H68NO8P/c1-3-5-7-9-11-13-15-16-17-18-19-21-22-24-26-28-35(38)42-32-34(33-44-46(40,41)43-31-30-37)45-36(39)29-27-25-23-20-14-12-10-8-6-4-2/h22,24,26,28,34H,3-21,23,25,27,29-33,37H2,1-2H3,(H,40,41)/b24-22+,28-26+/t34-/m0/s1. The molecule has 0 rings (SSSR count). The number of phosphoric acid groups is 1. The molecule has 0 aliphatic heterocycles. The Hall–Kier alpha value is -1.51. The van der Waals surface area contributed by atoms with Gasteiger partial charge in [0.1, 0.15) is 6.61 Å². The maximum Gasteiger partial charge on any atom is 0.472 e. The number of esters is 2. The third kappa shape index (κ3) is 32.4. The summed E-state index contributed by atoms with van der Waals surface area (Å²) in [5, 5.41) is 0. The van der Waals surface area contributed by atoms with Crippen LogP contribution in [0, 0.1) is 0 Å². The zero-order chi connectivity index (χ0) is 34.0. The van der Waals surface area contributed by atoms with Gasteiger partial charge in [0.15, 0.2) is 6.10 Å². The Morgan fingerprint density at radius 2 is 1.20 bits per heavy atom. The van der Waals surface area contributed by atoms with E-state index in [1.807, 2.05) is 12.2 Å². The smallest absolute Gasteiger partial charge is 0.458 e. The van der Waals surface area contributed by atoms with Crippen LogP contribution in [-0.2, 0) is 32.7 Å². The first-order valence-corrected chi connectivity index (χ1v) is 19.9. The Morgan fingerprint density at radius 1 is 0.696 bits per heavy atom. The van der Waals surface area contributed by atoms with Crippen LogP contribution in [0.25, 0.3) is 0 Å². The topological polar surface area (TPSA) is 134 Å². The van der Waals surface area contributed by atoms with Gasteiger partial charge in [0, 0.05) is 19.0 Å². The summed E-state index contributed by atoms with van der Waals surface area (Å²) in [6, 6.07) is 0. The third-order valence-electron chi connectivity index (χ3n) is 7.69. The van der Waals surface area contributed by atoms with Gasteiger partial charge in [0.05, 0.1) is 13.2 Å². The first kappa shape index (κ1) is 44.5. The maximum absolute atomic E-state index is 12.4. The molecule has 9 nitrogen and oxygen atoms in total. The lowest BCUT2D eigenvalue weighted by atomic mass is 10.1. The Labute approximate surface area is 281 Å². The van der Waals surface area contributed by atoms with E-state index in [0.29, 0.717) is 6.42 Å². The van der Waals surface area contributed by atoms with Crippen LogP contribution in [0.1, 0.15) is 162 Å². The molecule has 0 spiro atoms. The fourth-order valence-corrected chi connectivity index (χ4v) is 5.72. The number of nitrogens with two attached hydrogens (primary N) is 1. The van der Waals surface area contributed by atoms with Gasteiger partial charge in [0.25, 0.3) is 0 Å². The summed E-state index contributed by atoms with van der Waals surface area (Å²) in [7, 11) is -4.38. The van der Waals surface area contributed by atoms with Crippen LogP contribution in [0.3, 0.4) is 0 Å². The summed E-state index contributed by atoms with van der Waals surface area (Å²) in [6.45, 7) is 3.57. The van der Waals surface area contributed by atoms with E-state index in [2.05, 4.69) is 13.8 Å². The molecule has 0 radical (unpaired) electrons. The van der Waals surface area contributed by atoms with Crippen molar-refractivity contribution >= 4 is 19.8 Å². The molecular weight excluding hydrogens is 605 g/mol. The minimum absolute atomic E-state index is 0.0445. The second-order valence-corrected chi connectivity index (χ2v) is 13.6. The molecule has 46 heavy (non-hydrogen) atoms. The zero-order valence-electron chi connectivity index (χ0n) is 29.3. The number of unbranched alkanes of at least 4 members (excludes halogenated alkanes) is 20. The highest BCUT2D eigenvalue weighted by Gasteiger charge is 2.25. The van der Waals surface area contributed by atoms with Gasteiger partial charge in [-0.1, -0.05) is 154 Å². The monoisotopic (exact) mass is 673 g/mol. The van der Waals surface area contributed by atoms with Crippen LogP contribution in [0.4, 0.5) is 0 Å². The minimum Gasteiger partial charge on any atom is -0.458 e. The number of rotatable bonds is 34. The van der Waals surface area contributed by atoms with Crippen molar-refractivity contribution in [1.82, 2.24) is 0 Å². The Morgan fingerprint density at radius 3 is 1.72 bits per heavy atom. The highest BCUT2D eigenvalue weighted by Crippen LogP contribution is 2.43. The largest absolute Gasteiger partial charge is 0.472 e. The molecule has 2 atom stereocenters. The quantitative estimate of drug-likeness (QED) is 0.0225. The van der Waals surface area contributed by atoms with Gasteiger partial charge in [-0.15, -0.1) is 0 Å². The van der Waals surface area contributed by atoms with Gasteiger partial charge in [-0.25, -0.2) is 9.36 Å². The molecule has 0 amide bonds. The van der Waals surface area contributed by atoms with E-state index in [1.54, 1.807) is 6.08 Å². The molecule has 270 valence electrons. The molecule has 0 saturated heterocycles. The fourth-order valence-electron chi connectivity index (χ4n) is 4.96. The van der Waals surface area contributed by atoms with Gasteiger partial charge >= 0.3 is 19.8 Å². The predicted octanol–water partition coefficient (Wildman–Crippen LogP) is 9.66. The maximum atomic E-state index is 12.4. The summed E-state index contributed by atoms with van der Waals surface area (Å²) >= 11 is 0. The first-order chi connectivity index (χ1) is 22.3. The van der Waals surface area contributed by atoms with Gasteiger partial charge in [-0.05, 0) is 19.3 Å². The molecule has 0 aromatic carbocycles. The van der Waals surface area contributed by atoms with Crippen LogP contribution in [-0.4, -0.2) is 49.3 Å². The van der Waals surface area contributed by atoms with Crippen molar-refractivity contribution in [2.45, 2.75) is 168 Å². The van der Waals surface area contributed by atoms with Crippen molar-refractivity contribution in [3.63, 3.8) is 0 Å². The second kappa shape index (κ2) is 33.4. The van der Waals surface area contributed by atoms with Crippen molar-refractivity contribution in [2.24, 2.45) is 5.73 Å². The Balaban J connectivity index is 4.33. The highest BCUT2D eigenvalue weighted by molar-refractivity contribution is 7.47. The molecule has 0 heterocycles. The summed E-state index contributed by atoms with van der Waals surface area (Å²) in [5.41, 5.74) is 5.31. The van der Waals surface area contributed by atoms with Crippen LogP contribution < -0.4 is 5.73 Å². The average molecular weight is 674 g/mol. The van der Waals surface area contributed by atoms with Crippen LogP contribution in [0.2, 0.25) is 0 Å². The van der Waals surface area contributed by atoms with Crippen molar-refractivity contribution in [2.75, 3.05) is 26.4 Å². The first-order valence-electron chi connectivity index (χ1n) is 18.4. The van der Waals surface area contributed by atoms with E-state index in [4.69, 9.17) is 24.3 Å². The van der Waals surface area contributed by atoms with Crippen LogP contribution >= 0.6 is 7.82 Å². The van der Waals surface area contributed by atoms with E-state index < -0.39 is 32.5 Å². The van der Waals surface area contributed by atoms with Gasteiger partial charge < -0.3 is 20.1 Å². The molecule has 0 aromatic heterocycles. The van der Waals surface area contributed by atoms with Crippen molar-refractivity contribution in [1.29, 1.82) is 0 Å². The Bertz CT molecular complexity index is 820. The molecule has 0 saturated carbocycles. The molecule has 0 aromatic rings. The van der Waals surface area contributed by atoms with Gasteiger partial charge in [-0.3, -0.25) is 13.8 Å². The van der Waals surface area contributed by atoms with E-state index in [-0.39, 0.29) is 26.2 Å². The lowest BCUT2D eigenvalue weighted by Gasteiger charge is -2.19. The van der Waals surface area contributed by atoms with Gasteiger partial charge in [0.2, 0.25) is 0 Å². The number of carbonyl (C=O) groups is 2. The van der Waals surface area contributed by atoms with Crippen LogP contribution in [0.15, 0.2) is 24.3 Å².